The maximum atomic E-state index is 9.74. The molecule has 5 N–H and O–H groups in total. The van der Waals surface area contributed by atoms with E-state index in [-0.39, 0.29) is 11.2 Å². The predicted molar refractivity (Wildman–Crippen MR) is 84.5 cm³/mol. The van der Waals surface area contributed by atoms with Crippen molar-refractivity contribution in [2.45, 2.75) is 32.7 Å². The first-order valence-corrected chi connectivity index (χ1v) is 6.75. The van der Waals surface area contributed by atoms with Crippen LogP contribution in [-0.2, 0) is 12.0 Å². The SMILES string of the molecule is CC(C)(C)c1ccc(CN)cc1-c1cc(O)ccc1N. The van der Waals surface area contributed by atoms with Gasteiger partial charge in [0.15, 0.2) is 0 Å². The van der Waals surface area contributed by atoms with E-state index in [2.05, 4.69) is 32.9 Å². The molecule has 2 aromatic carbocycles. The maximum Gasteiger partial charge on any atom is 0.116 e. The smallest absolute Gasteiger partial charge is 0.116 e. The van der Waals surface area contributed by atoms with Gasteiger partial charge in [-0.15, -0.1) is 0 Å². The second-order valence-electron chi connectivity index (χ2n) is 6.11. The lowest BCUT2D eigenvalue weighted by molar-refractivity contribution is 0.475. The van der Waals surface area contributed by atoms with Gasteiger partial charge in [0.25, 0.3) is 0 Å². The predicted octanol–water partition coefficient (Wildman–Crippen LogP) is 3.40. The lowest BCUT2D eigenvalue weighted by Gasteiger charge is -2.24. The molecule has 2 aromatic rings. The monoisotopic (exact) mass is 270 g/mol. The zero-order valence-electron chi connectivity index (χ0n) is 12.3. The molecule has 3 nitrogen and oxygen atoms in total. The number of hydrogen-bond donors (Lipinski definition) is 3. The van der Waals surface area contributed by atoms with Crippen LogP contribution in [0.2, 0.25) is 0 Å². The summed E-state index contributed by atoms with van der Waals surface area (Å²) in [6.07, 6.45) is 0. The molecule has 0 heterocycles. The average Bonchev–Trinajstić information content (AvgIpc) is 2.39. The normalized spacial score (nSPS) is 11.6. The van der Waals surface area contributed by atoms with Crippen molar-refractivity contribution in [3.63, 3.8) is 0 Å². The van der Waals surface area contributed by atoms with Crippen molar-refractivity contribution in [2.24, 2.45) is 5.73 Å². The molecule has 0 aliphatic heterocycles. The molecular formula is C17H22N2O. The molecule has 0 bridgehead atoms. The van der Waals surface area contributed by atoms with Crippen LogP contribution in [-0.4, -0.2) is 5.11 Å². The van der Waals surface area contributed by atoms with Crippen molar-refractivity contribution in [1.82, 2.24) is 0 Å². The van der Waals surface area contributed by atoms with Crippen molar-refractivity contribution in [3.05, 3.63) is 47.5 Å². The number of phenolic OH excluding ortho intramolecular Hbond substituents is 1. The maximum absolute atomic E-state index is 9.74. The minimum absolute atomic E-state index is 0.0135. The fraction of sp³-hybridized carbons (Fsp3) is 0.294. The Balaban J connectivity index is 2.73. The summed E-state index contributed by atoms with van der Waals surface area (Å²) in [5, 5.41) is 9.74. The summed E-state index contributed by atoms with van der Waals surface area (Å²) in [6, 6.07) is 11.2. The van der Waals surface area contributed by atoms with Crippen LogP contribution >= 0.6 is 0 Å². The van der Waals surface area contributed by atoms with E-state index < -0.39 is 0 Å². The highest BCUT2D eigenvalue weighted by molar-refractivity contribution is 5.80. The van der Waals surface area contributed by atoms with E-state index in [1.54, 1.807) is 18.2 Å². The molecule has 106 valence electrons. The number of anilines is 1. The van der Waals surface area contributed by atoms with Crippen molar-refractivity contribution >= 4 is 5.69 Å². The number of benzene rings is 2. The van der Waals surface area contributed by atoms with E-state index in [0.717, 1.165) is 16.7 Å². The average molecular weight is 270 g/mol. The molecule has 0 atom stereocenters. The summed E-state index contributed by atoms with van der Waals surface area (Å²) < 4.78 is 0. The number of rotatable bonds is 2. The number of hydrogen-bond acceptors (Lipinski definition) is 3. The van der Waals surface area contributed by atoms with Crippen LogP contribution in [0.5, 0.6) is 5.75 Å². The molecule has 2 rings (SSSR count). The van der Waals surface area contributed by atoms with E-state index in [9.17, 15) is 5.11 Å². The lowest BCUT2D eigenvalue weighted by Crippen LogP contribution is -2.13. The van der Waals surface area contributed by atoms with Gasteiger partial charge in [0.1, 0.15) is 5.75 Å². The largest absolute Gasteiger partial charge is 0.508 e. The minimum atomic E-state index is -0.0135. The summed E-state index contributed by atoms with van der Waals surface area (Å²) in [4.78, 5) is 0. The molecule has 0 aliphatic rings. The van der Waals surface area contributed by atoms with Crippen molar-refractivity contribution in [2.75, 3.05) is 5.73 Å². The molecule has 0 aliphatic carbocycles. The van der Waals surface area contributed by atoms with E-state index in [0.29, 0.717) is 12.2 Å². The van der Waals surface area contributed by atoms with Gasteiger partial charge in [-0.05, 0) is 46.4 Å². The standard InChI is InChI=1S/C17H22N2O/c1-17(2,3)15-6-4-11(10-18)8-13(15)14-9-12(20)5-7-16(14)19/h4-9,20H,10,18-19H2,1-3H3. The van der Waals surface area contributed by atoms with Gasteiger partial charge in [-0.2, -0.15) is 0 Å². The van der Waals surface area contributed by atoms with E-state index >= 15 is 0 Å². The van der Waals surface area contributed by atoms with Crippen LogP contribution in [0.1, 0.15) is 31.9 Å². The molecule has 0 aromatic heterocycles. The Labute approximate surface area is 120 Å². The first-order valence-electron chi connectivity index (χ1n) is 6.75. The molecule has 20 heavy (non-hydrogen) atoms. The number of phenols is 1. The number of nitrogen functional groups attached to an aromatic ring is 1. The highest BCUT2D eigenvalue weighted by Crippen LogP contribution is 2.37. The van der Waals surface area contributed by atoms with Crippen molar-refractivity contribution < 1.29 is 5.11 Å². The van der Waals surface area contributed by atoms with Crippen molar-refractivity contribution in [3.8, 4) is 16.9 Å². The minimum Gasteiger partial charge on any atom is -0.508 e. The number of nitrogens with two attached hydrogens (primary N) is 2. The molecule has 0 amide bonds. The second kappa shape index (κ2) is 5.17. The van der Waals surface area contributed by atoms with Gasteiger partial charge < -0.3 is 16.6 Å². The number of aromatic hydroxyl groups is 1. The second-order valence-corrected chi connectivity index (χ2v) is 6.11. The Bertz CT molecular complexity index is 627. The van der Waals surface area contributed by atoms with Crippen LogP contribution < -0.4 is 11.5 Å². The van der Waals surface area contributed by atoms with Crippen LogP contribution in [0.15, 0.2) is 36.4 Å². The van der Waals surface area contributed by atoms with Gasteiger partial charge in [-0.3, -0.25) is 0 Å². The molecule has 3 heteroatoms. The van der Waals surface area contributed by atoms with Crippen LogP contribution in [0.3, 0.4) is 0 Å². The Morgan fingerprint density at radius 3 is 2.30 bits per heavy atom. The first kappa shape index (κ1) is 14.4. The summed E-state index contributed by atoms with van der Waals surface area (Å²) in [6.45, 7) is 6.96. The Hall–Kier alpha value is -2.00. The molecule has 0 spiro atoms. The molecule has 0 radical (unpaired) electrons. The molecule has 0 unspecified atom stereocenters. The van der Waals surface area contributed by atoms with Gasteiger partial charge in [0, 0.05) is 17.8 Å². The summed E-state index contributed by atoms with van der Waals surface area (Å²) >= 11 is 0. The highest BCUT2D eigenvalue weighted by Gasteiger charge is 2.20. The molecule has 0 fully saturated rings. The van der Waals surface area contributed by atoms with E-state index in [1.807, 2.05) is 6.07 Å². The molecule has 0 saturated carbocycles. The molecule has 0 saturated heterocycles. The lowest BCUT2D eigenvalue weighted by atomic mass is 9.81. The van der Waals surface area contributed by atoms with E-state index in [4.69, 9.17) is 11.5 Å². The van der Waals surface area contributed by atoms with Gasteiger partial charge in [-0.1, -0.05) is 32.9 Å². The van der Waals surface area contributed by atoms with Crippen LogP contribution in [0.25, 0.3) is 11.1 Å². The first-order chi connectivity index (χ1) is 9.32. The summed E-state index contributed by atoms with van der Waals surface area (Å²) in [5.74, 6) is 0.215. The van der Waals surface area contributed by atoms with Gasteiger partial charge in [0.05, 0.1) is 0 Å². The van der Waals surface area contributed by atoms with E-state index in [1.165, 1.54) is 5.56 Å². The van der Waals surface area contributed by atoms with Gasteiger partial charge in [0.2, 0.25) is 0 Å². The zero-order valence-corrected chi connectivity index (χ0v) is 12.3. The Morgan fingerprint density at radius 2 is 1.70 bits per heavy atom. The zero-order chi connectivity index (χ0) is 14.9. The summed E-state index contributed by atoms with van der Waals surface area (Å²) in [5.41, 5.74) is 16.6. The third-order valence-electron chi connectivity index (χ3n) is 3.45. The molecular weight excluding hydrogens is 248 g/mol. The highest BCUT2D eigenvalue weighted by atomic mass is 16.3. The van der Waals surface area contributed by atoms with Crippen molar-refractivity contribution in [1.29, 1.82) is 0 Å². The van der Waals surface area contributed by atoms with Crippen LogP contribution in [0, 0.1) is 0 Å². The Kier molecular flexibility index (Phi) is 3.73. The quantitative estimate of drug-likeness (QED) is 0.578. The van der Waals surface area contributed by atoms with Gasteiger partial charge in [-0.25, -0.2) is 0 Å². The Morgan fingerprint density at radius 1 is 1.00 bits per heavy atom. The topological polar surface area (TPSA) is 72.3 Å². The third-order valence-corrected chi connectivity index (χ3v) is 3.45. The fourth-order valence-corrected chi connectivity index (χ4v) is 2.37. The third kappa shape index (κ3) is 2.78. The van der Waals surface area contributed by atoms with Crippen LogP contribution in [0.4, 0.5) is 5.69 Å². The fourth-order valence-electron chi connectivity index (χ4n) is 2.37. The van der Waals surface area contributed by atoms with Gasteiger partial charge >= 0.3 is 0 Å². The summed E-state index contributed by atoms with van der Waals surface area (Å²) in [7, 11) is 0.